The van der Waals surface area contributed by atoms with Crippen molar-refractivity contribution < 1.29 is 0 Å². The van der Waals surface area contributed by atoms with Crippen molar-refractivity contribution in [2.75, 3.05) is 18.0 Å². The minimum absolute atomic E-state index is 0.0180. The highest BCUT2D eigenvalue weighted by Gasteiger charge is 2.06. The molecule has 1 rings (SSSR count). The third-order valence-corrected chi connectivity index (χ3v) is 2.21. The number of pyridine rings is 1. The molecule has 15 heavy (non-hydrogen) atoms. The first-order valence-corrected chi connectivity index (χ1v) is 5.25. The monoisotopic (exact) mass is 206 g/mol. The summed E-state index contributed by atoms with van der Waals surface area (Å²) >= 11 is 0. The van der Waals surface area contributed by atoms with E-state index in [1.165, 1.54) is 0 Å². The molecule has 1 aromatic rings. The number of aromatic nitrogens is 1. The van der Waals surface area contributed by atoms with Gasteiger partial charge in [0.05, 0.1) is 0 Å². The van der Waals surface area contributed by atoms with E-state index >= 15 is 0 Å². The summed E-state index contributed by atoms with van der Waals surface area (Å²) in [4.78, 5) is 6.51. The quantitative estimate of drug-likeness (QED) is 0.568. The summed E-state index contributed by atoms with van der Waals surface area (Å²) in [5.74, 6) is 0.913. The molecule has 82 valence electrons. The average Bonchev–Trinajstić information content (AvgIpc) is 2.26. The number of hydrogen-bond donors (Lipinski definition) is 2. The number of anilines is 1. The van der Waals surface area contributed by atoms with Crippen molar-refractivity contribution in [3.8, 4) is 0 Å². The Hall–Kier alpha value is -1.58. The Morgan fingerprint density at radius 1 is 1.47 bits per heavy atom. The maximum Gasteiger partial charge on any atom is 0.141 e. The van der Waals surface area contributed by atoms with Crippen molar-refractivity contribution in [2.24, 2.45) is 5.73 Å². The number of amidine groups is 1. The van der Waals surface area contributed by atoms with Gasteiger partial charge in [0, 0.05) is 13.1 Å². The SMILES string of the molecule is CCCN(CC)c1cccc(C(=N)N)n1. The number of rotatable bonds is 5. The first-order valence-electron chi connectivity index (χ1n) is 5.25. The van der Waals surface area contributed by atoms with Crippen LogP contribution in [0.15, 0.2) is 18.2 Å². The van der Waals surface area contributed by atoms with Gasteiger partial charge < -0.3 is 10.6 Å². The van der Waals surface area contributed by atoms with Crippen molar-refractivity contribution in [1.82, 2.24) is 4.98 Å². The minimum Gasteiger partial charge on any atom is -0.382 e. The lowest BCUT2D eigenvalue weighted by Crippen LogP contribution is -2.25. The minimum atomic E-state index is 0.0180. The van der Waals surface area contributed by atoms with Gasteiger partial charge in [0.15, 0.2) is 0 Å². The summed E-state index contributed by atoms with van der Waals surface area (Å²) in [5, 5.41) is 7.33. The lowest BCUT2D eigenvalue weighted by atomic mass is 10.3. The third-order valence-electron chi connectivity index (χ3n) is 2.21. The van der Waals surface area contributed by atoms with E-state index in [2.05, 4.69) is 23.7 Å². The number of nitrogens with one attached hydrogen (secondary N) is 1. The molecule has 0 amide bonds. The van der Waals surface area contributed by atoms with Gasteiger partial charge in [0.1, 0.15) is 17.3 Å². The van der Waals surface area contributed by atoms with Crippen molar-refractivity contribution >= 4 is 11.7 Å². The molecule has 0 bridgehead atoms. The zero-order valence-electron chi connectivity index (χ0n) is 9.33. The topological polar surface area (TPSA) is 66.0 Å². The van der Waals surface area contributed by atoms with E-state index in [-0.39, 0.29) is 5.84 Å². The third kappa shape index (κ3) is 2.94. The van der Waals surface area contributed by atoms with E-state index in [1.807, 2.05) is 12.1 Å². The van der Waals surface area contributed by atoms with Gasteiger partial charge in [0.25, 0.3) is 0 Å². The van der Waals surface area contributed by atoms with Crippen molar-refractivity contribution in [3.63, 3.8) is 0 Å². The predicted octanol–water partition coefficient (Wildman–Crippen LogP) is 1.60. The highest BCUT2D eigenvalue weighted by molar-refractivity contribution is 5.93. The lowest BCUT2D eigenvalue weighted by Gasteiger charge is -2.21. The van der Waals surface area contributed by atoms with Crippen LogP contribution in [0.1, 0.15) is 26.0 Å². The van der Waals surface area contributed by atoms with E-state index in [0.717, 1.165) is 25.3 Å². The van der Waals surface area contributed by atoms with E-state index in [9.17, 15) is 0 Å². The van der Waals surface area contributed by atoms with Gasteiger partial charge in [-0.1, -0.05) is 13.0 Å². The second-order valence-electron chi connectivity index (χ2n) is 3.37. The van der Waals surface area contributed by atoms with Gasteiger partial charge in [-0.2, -0.15) is 0 Å². The van der Waals surface area contributed by atoms with Crippen LogP contribution in [0.4, 0.5) is 5.82 Å². The molecule has 0 aliphatic carbocycles. The summed E-state index contributed by atoms with van der Waals surface area (Å²) in [5.41, 5.74) is 5.94. The Morgan fingerprint density at radius 3 is 2.73 bits per heavy atom. The normalized spacial score (nSPS) is 10.0. The van der Waals surface area contributed by atoms with Gasteiger partial charge in [0.2, 0.25) is 0 Å². The number of hydrogen-bond acceptors (Lipinski definition) is 3. The summed E-state index contributed by atoms with van der Waals surface area (Å²) in [6.07, 6.45) is 1.08. The van der Waals surface area contributed by atoms with Crippen LogP contribution in [0.25, 0.3) is 0 Å². The molecule has 4 nitrogen and oxygen atoms in total. The van der Waals surface area contributed by atoms with Crippen LogP contribution in [0.3, 0.4) is 0 Å². The summed E-state index contributed by atoms with van der Waals surface area (Å²) in [6.45, 7) is 6.13. The zero-order chi connectivity index (χ0) is 11.3. The second-order valence-corrected chi connectivity index (χ2v) is 3.37. The standard InChI is InChI=1S/C11H18N4/c1-3-8-15(4-2)10-7-5-6-9(14-10)11(12)13/h5-7H,3-4,8H2,1-2H3,(H3,12,13). The fourth-order valence-corrected chi connectivity index (χ4v) is 1.45. The molecule has 0 saturated carbocycles. The molecule has 0 aliphatic heterocycles. The summed E-state index contributed by atoms with van der Waals surface area (Å²) in [7, 11) is 0. The Kier molecular flexibility index (Phi) is 4.09. The first-order chi connectivity index (χ1) is 7.19. The molecule has 0 saturated heterocycles. The number of nitrogens with zero attached hydrogens (tertiary/aromatic N) is 2. The molecule has 1 aromatic heterocycles. The predicted molar refractivity (Wildman–Crippen MR) is 63.4 cm³/mol. The lowest BCUT2D eigenvalue weighted by molar-refractivity contribution is 0.778. The fourth-order valence-electron chi connectivity index (χ4n) is 1.45. The van der Waals surface area contributed by atoms with Crippen LogP contribution in [0, 0.1) is 5.41 Å². The Labute approximate surface area is 90.6 Å². The highest BCUT2D eigenvalue weighted by atomic mass is 15.2. The van der Waals surface area contributed by atoms with Crippen molar-refractivity contribution in [1.29, 1.82) is 5.41 Å². The molecule has 0 aromatic carbocycles. The highest BCUT2D eigenvalue weighted by Crippen LogP contribution is 2.11. The van der Waals surface area contributed by atoms with Gasteiger partial charge in [-0.25, -0.2) is 4.98 Å². The summed E-state index contributed by atoms with van der Waals surface area (Å²) in [6, 6.07) is 5.59. The second kappa shape index (κ2) is 5.34. The smallest absolute Gasteiger partial charge is 0.141 e. The Bertz CT molecular complexity index is 335. The van der Waals surface area contributed by atoms with Crippen molar-refractivity contribution in [3.05, 3.63) is 23.9 Å². The molecule has 0 radical (unpaired) electrons. The van der Waals surface area contributed by atoms with Crippen LogP contribution >= 0.6 is 0 Å². The molecule has 0 atom stereocenters. The van der Waals surface area contributed by atoms with Crippen LogP contribution < -0.4 is 10.6 Å². The molecule has 0 aliphatic rings. The van der Waals surface area contributed by atoms with Crippen LogP contribution in [0.5, 0.6) is 0 Å². The molecular formula is C11H18N4. The molecule has 0 fully saturated rings. The van der Waals surface area contributed by atoms with Gasteiger partial charge in [-0.05, 0) is 25.5 Å². The zero-order valence-corrected chi connectivity index (χ0v) is 9.33. The van der Waals surface area contributed by atoms with E-state index in [4.69, 9.17) is 11.1 Å². The molecule has 0 spiro atoms. The van der Waals surface area contributed by atoms with Gasteiger partial charge >= 0.3 is 0 Å². The Morgan fingerprint density at radius 2 is 2.20 bits per heavy atom. The summed E-state index contributed by atoms with van der Waals surface area (Å²) < 4.78 is 0. The molecule has 3 N–H and O–H groups in total. The van der Waals surface area contributed by atoms with Crippen molar-refractivity contribution in [2.45, 2.75) is 20.3 Å². The van der Waals surface area contributed by atoms with Gasteiger partial charge in [-0.15, -0.1) is 0 Å². The maximum atomic E-state index is 7.33. The van der Waals surface area contributed by atoms with Crippen LogP contribution in [0.2, 0.25) is 0 Å². The van der Waals surface area contributed by atoms with E-state index in [1.54, 1.807) is 6.07 Å². The Balaban J connectivity index is 2.92. The number of nitrogen functional groups attached to an aromatic ring is 1. The van der Waals surface area contributed by atoms with E-state index in [0.29, 0.717) is 5.69 Å². The van der Waals surface area contributed by atoms with Gasteiger partial charge in [-0.3, -0.25) is 5.41 Å². The first kappa shape index (κ1) is 11.5. The molecule has 4 heteroatoms. The average molecular weight is 206 g/mol. The molecule has 1 heterocycles. The van der Waals surface area contributed by atoms with Crippen LogP contribution in [-0.2, 0) is 0 Å². The fraction of sp³-hybridized carbons (Fsp3) is 0.455. The molecular weight excluding hydrogens is 188 g/mol. The molecule has 0 unspecified atom stereocenters. The largest absolute Gasteiger partial charge is 0.382 e. The van der Waals surface area contributed by atoms with Crippen LogP contribution in [-0.4, -0.2) is 23.9 Å². The number of nitrogens with two attached hydrogens (primary N) is 1. The maximum absolute atomic E-state index is 7.33. The van der Waals surface area contributed by atoms with E-state index < -0.39 is 0 Å².